The average Bonchev–Trinajstić information content (AvgIpc) is 2.58. The first-order valence-electron chi connectivity index (χ1n) is 5.45. The number of aryl methyl sites for hydroxylation is 3. The van der Waals surface area contributed by atoms with E-state index in [2.05, 4.69) is 5.10 Å². The quantitative estimate of drug-likeness (QED) is 0.799. The fraction of sp³-hybridized carbons (Fsp3) is 0.231. The van der Waals surface area contributed by atoms with E-state index in [4.69, 9.17) is 16.3 Å². The topological polar surface area (TPSA) is 44.1 Å². The zero-order valence-corrected chi connectivity index (χ0v) is 11.2. The molecular weight excluding hydrogens is 252 g/mol. The van der Waals surface area contributed by atoms with Gasteiger partial charge < -0.3 is 4.74 Å². The zero-order valence-electron chi connectivity index (χ0n) is 10.4. The molecule has 1 heterocycles. The molecule has 0 spiro atoms. The summed E-state index contributed by atoms with van der Waals surface area (Å²) in [5.74, 6) is 0.915. The molecule has 0 aliphatic heterocycles. The lowest BCUT2D eigenvalue weighted by Gasteiger charge is -2.09. The van der Waals surface area contributed by atoms with Gasteiger partial charge >= 0.3 is 0 Å². The minimum atomic E-state index is 0.398. The molecule has 2 rings (SSSR count). The van der Waals surface area contributed by atoms with Gasteiger partial charge in [0.05, 0.1) is 16.3 Å². The Morgan fingerprint density at radius 1 is 1.39 bits per heavy atom. The van der Waals surface area contributed by atoms with E-state index >= 15 is 0 Å². The smallest absolute Gasteiger partial charge is 0.228 e. The van der Waals surface area contributed by atoms with Crippen molar-refractivity contribution in [3.8, 4) is 11.6 Å². The lowest BCUT2D eigenvalue weighted by atomic mass is 10.2. The highest BCUT2D eigenvalue weighted by Crippen LogP contribution is 2.32. The molecule has 4 nitrogen and oxygen atoms in total. The van der Waals surface area contributed by atoms with Crippen LogP contribution in [-0.2, 0) is 7.05 Å². The molecule has 0 unspecified atom stereocenters. The van der Waals surface area contributed by atoms with E-state index in [1.807, 2.05) is 19.1 Å². The Balaban J connectivity index is 2.45. The van der Waals surface area contributed by atoms with Gasteiger partial charge in [-0.15, -0.1) is 0 Å². The molecule has 1 aromatic heterocycles. The van der Waals surface area contributed by atoms with Crippen LogP contribution in [0, 0.1) is 13.8 Å². The van der Waals surface area contributed by atoms with E-state index in [9.17, 15) is 4.79 Å². The molecule has 18 heavy (non-hydrogen) atoms. The Morgan fingerprint density at radius 3 is 2.78 bits per heavy atom. The summed E-state index contributed by atoms with van der Waals surface area (Å²) in [4.78, 5) is 11.0. The van der Waals surface area contributed by atoms with Crippen molar-refractivity contribution < 1.29 is 9.53 Å². The van der Waals surface area contributed by atoms with Gasteiger partial charge in [-0.25, -0.2) is 4.68 Å². The van der Waals surface area contributed by atoms with E-state index in [1.54, 1.807) is 20.0 Å². The average molecular weight is 265 g/mol. The van der Waals surface area contributed by atoms with Crippen molar-refractivity contribution in [2.75, 3.05) is 0 Å². The van der Waals surface area contributed by atoms with Crippen LogP contribution >= 0.6 is 11.6 Å². The maximum absolute atomic E-state index is 11.0. The molecule has 0 radical (unpaired) electrons. The number of aromatic nitrogens is 2. The zero-order chi connectivity index (χ0) is 13.3. The van der Waals surface area contributed by atoms with Crippen molar-refractivity contribution in [1.29, 1.82) is 0 Å². The summed E-state index contributed by atoms with van der Waals surface area (Å²) in [7, 11) is 1.72. The number of nitrogens with zero attached hydrogens (tertiary/aromatic N) is 2. The second kappa shape index (κ2) is 4.82. The third kappa shape index (κ3) is 2.24. The summed E-state index contributed by atoms with van der Waals surface area (Å²) in [6.07, 6.45) is 0.737. The molecule has 1 aromatic carbocycles. The van der Waals surface area contributed by atoms with E-state index in [0.29, 0.717) is 27.9 Å². The minimum absolute atomic E-state index is 0.398. The third-order valence-electron chi connectivity index (χ3n) is 2.63. The summed E-state index contributed by atoms with van der Waals surface area (Å²) < 4.78 is 7.23. The van der Waals surface area contributed by atoms with Crippen LogP contribution < -0.4 is 4.74 Å². The number of rotatable bonds is 3. The standard InChI is InChI=1S/C13H13ClN2O2/c1-8-4-5-11(14)12(6-8)18-13-10(7-17)9(2)15-16(13)3/h4-7H,1-3H3. The lowest BCUT2D eigenvalue weighted by Crippen LogP contribution is -1.97. The van der Waals surface area contributed by atoms with Gasteiger partial charge in [-0.05, 0) is 31.5 Å². The van der Waals surface area contributed by atoms with Crippen LogP contribution in [0.3, 0.4) is 0 Å². The molecule has 0 saturated carbocycles. The Hall–Kier alpha value is -1.81. The molecule has 94 valence electrons. The molecule has 0 amide bonds. The third-order valence-corrected chi connectivity index (χ3v) is 2.94. The Bertz CT molecular complexity index is 605. The lowest BCUT2D eigenvalue weighted by molar-refractivity contribution is 0.112. The van der Waals surface area contributed by atoms with Crippen molar-refractivity contribution in [1.82, 2.24) is 9.78 Å². The van der Waals surface area contributed by atoms with Gasteiger partial charge in [0.2, 0.25) is 5.88 Å². The maximum Gasteiger partial charge on any atom is 0.228 e. The number of ether oxygens (including phenoxy) is 1. The van der Waals surface area contributed by atoms with Crippen LogP contribution in [0.2, 0.25) is 5.02 Å². The molecule has 2 aromatic rings. The molecule has 0 atom stereocenters. The molecule has 0 aliphatic carbocycles. The Labute approximate surface area is 110 Å². The van der Waals surface area contributed by atoms with Gasteiger partial charge in [0.1, 0.15) is 5.75 Å². The molecule has 0 N–H and O–H groups in total. The molecule has 0 saturated heterocycles. The molecule has 5 heteroatoms. The first kappa shape index (κ1) is 12.6. The van der Waals surface area contributed by atoms with Crippen molar-refractivity contribution in [3.63, 3.8) is 0 Å². The largest absolute Gasteiger partial charge is 0.437 e. The first-order valence-corrected chi connectivity index (χ1v) is 5.83. The summed E-state index contributed by atoms with van der Waals surface area (Å²) >= 11 is 6.06. The van der Waals surface area contributed by atoms with Crippen molar-refractivity contribution in [2.24, 2.45) is 7.05 Å². The molecular formula is C13H13ClN2O2. The predicted molar refractivity (Wildman–Crippen MR) is 69.6 cm³/mol. The van der Waals surface area contributed by atoms with Crippen LogP contribution in [-0.4, -0.2) is 16.1 Å². The number of hydrogen-bond donors (Lipinski definition) is 0. The van der Waals surface area contributed by atoms with Crippen LogP contribution in [0.4, 0.5) is 0 Å². The normalized spacial score (nSPS) is 10.4. The van der Waals surface area contributed by atoms with Crippen LogP contribution in [0.25, 0.3) is 0 Å². The number of hydrogen-bond acceptors (Lipinski definition) is 3. The first-order chi connectivity index (χ1) is 8.52. The van der Waals surface area contributed by atoms with E-state index in [0.717, 1.165) is 11.8 Å². The highest BCUT2D eigenvalue weighted by atomic mass is 35.5. The summed E-state index contributed by atoms with van der Waals surface area (Å²) in [5.41, 5.74) is 2.10. The SMILES string of the molecule is Cc1ccc(Cl)c(Oc2c(C=O)c(C)nn2C)c1. The van der Waals surface area contributed by atoms with Gasteiger partial charge in [0.15, 0.2) is 6.29 Å². The fourth-order valence-electron chi connectivity index (χ4n) is 1.70. The van der Waals surface area contributed by atoms with Crippen molar-refractivity contribution in [3.05, 3.63) is 40.0 Å². The van der Waals surface area contributed by atoms with Crippen LogP contribution in [0.1, 0.15) is 21.6 Å². The number of carbonyl (C=O) groups is 1. The summed E-state index contributed by atoms with van der Waals surface area (Å²) in [5, 5.41) is 4.64. The van der Waals surface area contributed by atoms with Gasteiger partial charge in [-0.2, -0.15) is 5.10 Å². The second-order valence-corrected chi connectivity index (χ2v) is 4.49. The highest BCUT2D eigenvalue weighted by Gasteiger charge is 2.16. The number of benzene rings is 1. The molecule has 0 fully saturated rings. The summed E-state index contributed by atoms with van der Waals surface area (Å²) in [6.45, 7) is 3.70. The monoisotopic (exact) mass is 264 g/mol. The molecule has 0 aliphatic rings. The van der Waals surface area contributed by atoms with Crippen molar-refractivity contribution in [2.45, 2.75) is 13.8 Å². The van der Waals surface area contributed by atoms with Gasteiger partial charge in [0.25, 0.3) is 0 Å². The fourth-order valence-corrected chi connectivity index (χ4v) is 1.86. The predicted octanol–water partition coefficient (Wildman–Crippen LogP) is 3.30. The van der Waals surface area contributed by atoms with E-state index in [-0.39, 0.29) is 0 Å². The Kier molecular flexibility index (Phi) is 3.39. The number of aldehydes is 1. The van der Waals surface area contributed by atoms with Crippen LogP contribution in [0.15, 0.2) is 18.2 Å². The number of carbonyl (C=O) groups excluding carboxylic acids is 1. The van der Waals surface area contributed by atoms with Crippen LogP contribution in [0.5, 0.6) is 11.6 Å². The maximum atomic E-state index is 11.0. The van der Waals surface area contributed by atoms with Gasteiger partial charge in [-0.1, -0.05) is 17.7 Å². The van der Waals surface area contributed by atoms with Crippen molar-refractivity contribution >= 4 is 17.9 Å². The second-order valence-electron chi connectivity index (χ2n) is 4.08. The summed E-state index contributed by atoms with van der Waals surface area (Å²) in [6, 6.07) is 5.47. The van der Waals surface area contributed by atoms with Gasteiger partial charge in [-0.3, -0.25) is 4.79 Å². The minimum Gasteiger partial charge on any atom is -0.437 e. The van der Waals surface area contributed by atoms with E-state index in [1.165, 1.54) is 4.68 Å². The molecule has 0 bridgehead atoms. The Morgan fingerprint density at radius 2 is 2.11 bits per heavy atom. The highest BCUT2D eigenvalue weighted by molar-refractivity contribution is 6.32. The van der Waals surface area contributed by atoms with Gasteiger partial charge in [0, 0.05) is 7.05 Å². The van der Waals surface area contributed by atoms with E-state index < -0.39 is 0 Å². The number of halogens is 1.